The molecular formula is C23H28N2O4S. The van der Waals surface area contributed by atoms with E-state index in [1.165, 1.54) is 18.7 Å². The quantitative estimate of drug-likeness (QED) is 0.734. The molecule has 1 fully saturated rings. The van der Waals surface area contributed by atoms with Crippen molar-refractivity contribution in [3.63, 3.8) is 0 Å². The highest BCUT2D eigenvalue weighted by Gasteiger charge is 2.27. The van der Waals surface area contributed by atoms with Crippen molar-refractivity contribution in [1.82, 2.24) is 10.0 Å². The van der Waals surface area contributed by atoms with Crippen LogP contribution in [0.3, 0.4) is 0 Å². The minimum absolute atomic E-state index is 0.00796. The molecule has 2 aromatic carbocycles. The number of methoxy groups -OCH3 is 1. The predicted octanol–water partition coefficient (Wildman–Crippen LogP) is 3.72. The fraction of sp³-hybridized carbons (Fsp3) is 0.435. The molecule has 7 heteroatoms. The van der Waals surface area contributed by atoms with Crippen molar-refractivity contribution in [2.45, 2.75) is 61.9 Å². The first-order valence-electron chi connectivity index (χ1n) is 10.6. The Labute approximate surface area is 178 Å². The third-order valence-corrected chi connectivity index (χ3v) is 7.61. The highest BCUT2D eigenvalue weighted by Crippen LogP contribution is 2.31. The van der Waals surface area contributed by atoms with Crippen molar-refractivity contribution in [1.29, 1.82) is 0 Å². The molecule has 4 rings (SSSR count). The normalized spacial score (nSPS) is 19.3. The molecule has 0 saturated heterocycles. The van der Waals surface area contributed by atoms with Gasteiger partial charge in [0.2, 0.25) is 10.0 Å². The van der Waals surface area contributed by atoms with Crippen LogP contribution in [0.4, 0.5) is 0 Å². The van der Waals surface area contributed by atoms with E-state index in [1.54, 1.807) is 12.1 Å². The molecule has 1 unspecified atom stereocenters. The zero-order chi connectivity index (χ0) is 21.1. The van der Waals surface area contributed by atoms with Crippen LogP contribution in [0, 0.1) is 0 Å². The number of amides is 1. The summed E-state index contributed by atoms with van der Waals surface area (Å²) in [6.07, 6.45) is 6.61. The second-order valence-electron chi connectivity index (χ2n) is 8.09. The van der Waals surface area contributed by atoms with Crippen LogP contribution in [0.5, 0.6) is 5.75 Å². The van der Waals surface area contributed by atoms with Gasteiger partial charge in [0.15, 0.2) is 0 Å². The Bertz CT molecular complexity index is 1030. The van der Waals surface area contributed by atoms with E-state index >= 15 is 0 Å². The largest absolute Gasteiger partial charge is 0.495 e. The number of sulfonamides is 1. The summed E-state index contributed by atoms with van der Waals surface area (Å²) >= 11 is 0. The summed E-state index contributed by atoms with van der Waals surface area (Å²) in [5.74, 6) is -0.0447. The predicted molar refractivity (Wildman–Crippen MR) is 115 cm³/mol. The van der Waals surface area contributed by atoms with Gasteiger partial charge in [-0.3, -0.25) is 4.79 Å². The summed E-state index contributed by atoms with van der Waals surface area (Å²) in [7, 11) is -2.35. The molecule has 0 radical (unpaired) electrons. The van der Waals surface area contributed by atoms with E-state index in [2.05, 4.69) is 22.2 Å². The maximum Gasteiger partial charge on any atom is 0.251 e. The first-order chi connectivity index (χ1) is 14.5. The molecule has 0 aromatic heterocycles. The fourth-order valence-corrected chi connectivity index (χ4v) is 6.00. The Morgan fingerprint density at radius 3 is 2.57 bits per heavy atom. The third-order valence-electron chi connectivity index (χ3n) is 6.07. The monoisotopic (exact) mass is 428 g/mol. The van der Waals surface area contributed by atoms with Crippen molar-refractivity contribution in [2.24, 2.45) is 0 Å². The number of benzene rings is 2. The van der Waals surface area contributed by atoms with E-state index in [0.29, 0.717) is 5.56 Å². The maximum atomic E-state index is 13.0. The van der Waals surface area contributed by atoms with Crippen LogP contribution in [0.25, 0.3) is 0 Å². The van der Waals surface area contributed by atoms with E-state index in [-0.39, 0.29) is 28.6 Å². The minimum atomic E-state index is -3.78. The molecular weight excluding hydrogens is 400 g/mol. The summed E-state index contributed by atoms with van der Waals surface area (Å²) in [5, 5.41) is 3.09. The van der Waals surface area contributed by atoms with Crippen LogP contribution in [-0.4, -0.2) is 27.5 Å². The summed E-state index contributed by atoms with van der Waals surface area (Å²) in [6.45, 7) is 0. The summed E-state index contributed by atoms with van der Waals surface area (Å²) < 4.78 is 34.0. The van der Waals surface area contributed by atoms with Gasteiger partial charge in [-0.25, -0.2) is 13.1 Å². The number of aryl methyl sites for hydroxylation is 1. The average Bonchev–Trinajstić information content (AvgIpc) is 3.26. The van der Waals surface area contributed by atoms with Gasteiger partial charge in [0.05, 0.1) is 13.2 Å². The number of ether oxygens (including phenoxy) is 1. The van der Waals surface area contributed by atoms with Crippen LogP contribution >= 0.6 is 0 Å². The Kier molecular flexibility index (Phi) is 6.11. The molecule has 1 atom stereocenters. The summed E-state index contributed by atoms with van der Waals surface area (Å²) in [5.41, 5.74) is 2.71. The lowest BCUT2D eigenvalue weighted by Gasteiger charge is -2.26. The fourth-order valence-electron chi connectivity index (χ4n) is 4.50. The molecule has 6 nitrogen and oxygen atoms in total. The van der Waals surface area contributed by atoms with Gasteiger partial charge in [0, 0.05) is 11.6 Å². The summed E-state index contributed by atoms with van der Waals surface area (Å²) in [4.78, 5) is 13.0. The topological polar surface area (TPSA) is 84.5 Å². The molecule has 2 aliphatic rings. The van der Waals surface area contributed by atoms with Crippen molar-refractivity contribution < 1.29 is 17.9 Å². The highest BCUT2D eigenvalue weighted by atomic mass is 32.2. The van der Waals surface area contributed by atoms with Gasteiger partial charge < -0.3 is 10.1 Å². The SMILES string of the molecule is COc1ccc(C(=O)NC2CCCc3ccccc32)cc1S(=O)(=O)NC1CCCC1. The number of fused-ring (bicyclic) bond motifs is 1. The molecule has 30 heavy (non-hydrogen) atoms. The lowest BCUT2D eigenvalue weighted by atomic mass is 9.87. The van der Waals surface area contributed by atoms with Gasteiger partial charge in [0.1, 0.15) is 10.6 Å². The highest BCUT2D eigenvalue weighted by molar-refractivity contribution is 7.89. The lowest BCUT2D eigenvalue weighted by molar-refractivity contribution is 0.0932. The number of carbonyl (C=O) groups excluding carboxylic acids is 1. The third kappa shape index (κ3) is 4.37. The number of nitrogens with one attached hydrogen (secondary N) is 2. The molecule has 0 aliphatic heterocycles. The van der Waals surface area contributed by atoms with Gasteiger partial charge in [-0.05, 0) is 61.4 Å². The van der Waals surface area contributed by atoms with Gasteiger partial charge in [-0.2, -0.15) is 0 Å². The smallest absolute Gasteiger partial charge is 0.251 e. The first kappa shape index (κ1) is 20.9. The molecule has 1 saturated carbocycles. The average molecular weight is 429 g/mol. The van der Waals surface area contributed by atoms with Gasteiger partial charge in [-0.1, -0.05) is 37.1 Å². The first-order valence-corrected chi connectivity index (χ1v) is 12.1. The van der Waals surface area contributed by atoms with Crippen molar-refractivity contribution in [3.8, 4) is 5.75 Å². The van der Waals surface area contributed by atoms with Crippen molar-refractivity contribution in [2.75, 3.05) is 7.11 Å². The zero-order valence-corrected chi connectivity index (χ0v) is 18.0. The second-order valence-corrected chi connectivity index (χ2v) is 9.77. The van der Waals surface area contributed by atoms with Crippen LogP contribution in [0.2, 0.25) is 0 Å². The molecule has 0 bridgehead atoms. The van der Waals surface area contributed by atoms with E-state index < -0.39 is 10.0 Å². The number of carbonyl (C=O) groups is 1. The molecule has 2 aromatic rings. The Morgan fingerprint density at radius 2 is 1.80 bits per heavy atom. The van der Waals surface area contributed by atoms with E-state index in [4.69, 9.17) is 4.74 Å². The number of hydrogen-bond donors (Lipinski definition) is 2. The lowest BCUT2D eigenvalue weighted by Crippen LogP contribution is -2.33. The van der Waals surface area contributed by atoms with Gasteiger partial charge in [-0.15, -0.1) is 0 Å². The van der Waals surface area contributed by atoms with Crippen molar-refractivity contribution in [3.05, 3.63) is 59.2 Å². The van der Waals surface area contributed by atoms with Crippen LogP contribution in [0.15, 0.2) is 47.4 Å². The second kappa shape index (κ2) is 8.78. The molecule has 2 N–H and O–H groups in total. The van der Waals surface area contributed by atoms with Crippen LogP contribution in [-0.2, 0) is 16.4 Å². The molecule has 0 spiro atoms. The molecule has 0 heterocycles. The van der Waals surface area contributed by atoms with Crippen LogP contribution in [0.1, 0.15) is 66.1 Å². The molecule has 1 amide bonds. The Morgan fingerprint density at radius 1 is 1.03 bits per heavy atom. The Balaban J connectivity index is 1.57. The minimum Gasteiger partial charge on any atom is -0.495 e. The van der Waals surface area contributed by atoms with Gasteiger partial charge >= 0.3 is 0 Å². The molecule has 160 valence electrons. The standard InChI is InChI=1S/C23H28N2O4S/c1-29-21-14-13-17(15-22(21)30(27,28)25-18-9-3-4-10-18)23(26)24-20-12-6-8-16-7-2-5-11-19(16)20/h2,5,7,11,13-15,18,20,25H,3-4,6,8-10,12H2,1H3,(H,24,26). The van der Waals surface area contributed by atoms with E-state index in [0.717, 1.165) is 50.5 Å². The van der Waals surface area contributed by atoms with E-state index in [1.807, 2.05) is 12.1 Å². The van der Waals surface area contributed by atoms with Crippen LogP contribution < -0.4 is 14.8 Å². The van der Waals surface area contributed by atoms with E-state index in [9.17, 15) is 13.2 Å². The maximum absolute atomic E-state index is 13.0. The van der Waals surface area contributed by atoms with Gasteiger partial charge in [0.25, 0.3) is 5.91 Å². The van der Waals surface area contributed by atoms with Crippen molar-refractivity contribution >= 4 is 15.9 Å². The summed E-state index contributed by atoms with van der Waals surface area (Å²) in [6, 6.07) is 12.6. The molecule has 2 aliphatic carbocycles. The Hall–Kier alpha value is -2.38. The number of rotatable bonds is 6. The zero-order valence-electron chi connectivity index (χ0n) is 17.2. The number of hydrogen-bond acceptors (Lipinski definition) is 4.